The molecule has 0 aliphatic heterocycles. The summed E-state index contributed by atoms with van der Waals surface area (Å²) in [5, 5.41) is 10.5. The number of nitrogens with zero attached hydrogens (tertiary/aromatic N) is 2. The molecule has 23 heavy (non-hydrogen) atoms. The fourth-order valence-electron chi connectivity index (χ4n) is 1.91. The molecule has 1 aromatic carbocycles. The average molecular weight is 333 g/mol. The van der Waals surface area contributed by atoms with Crippen molar-refractivity contribution in [2.75, 3.05) is 12.4 Å². The number of benzene rings is 1. The topological polar surface area (TPSA) is 77.2 Å². The lowest BCUT2D eigenvalue weighted by molar-refractivity contribution is 0.0600. The molecule has 0 aliphatic carbocycles. The second kappa shape index (κ2) is 6.57. The van der Waals surface area contributed by atoms with Crippen molar-refractivity contribution in [3.05, 3.63) is 52.3 Å². The Kier molecular flexibility index (Phi) is 4.33. The number of carbonyl (C=O) groups excluding carboxylic acids is 1. The summed E-state index contributed by atoms with van der Waals surface area (Å²) in [6, 6.07) is 5.80. The first-order valence-corrected chi connectivity index (χ1v) is 7.58. The summed E-state index contributed by atoms with van der Waals surface area (Å²) in [5.74, 6) is -0.235. The summed E-state index contributed by atoms with van der Waals surface area (Å²) < 4.78 is 23.5. The smallest absolute Gasteiger partial charge is 0.337 e. The van der Waals surface area contributed by atoms with E-state index < -0.39 is 11.8 Å². The van der Waals surface area contributed by atoms with Gasteiger partial charge in [0.1, 0.15) is 5.82 Å². The van der Waals surface area contributed by atoms with Crippen molar-refractivity contribution in [1.29, 1.82) is 0 Å². The molecule has 1 N–H and O–H groups in total. The largest absolute Gasteiger partial charge is 0.465 e. The number of thiophene rings is 1. The number of hydrogen-bond donors (Lipinski definition) is 1. The van der Waals surface area contributed by atoms with Gasteiger partial charge in [-0.05, 0) is 29.6 Å². The van der Waals surface area contributed by atoms with E-state index in [1.54, 1.807) is 0 Å². The predicted molar refractivity (Wildman–Crippen MR) is 82.7 cm³/mol. The zero-order valence-corrected chi connectivity index (χ0v) is 12.9. The normalized spacial score (nSPS) is 10.5. The van der Waals surface area contributed by atoms with Crippen LogP contribution in [0.2, 0.25) is 0 Å². The number of rotatable bonds is 5. The van der Waals surface area contributed by atoms with Crippen LogP contribution in [0.1, 0.15) is 16.2 Å². The molecule has 0 radical (unpaired) electrons. The summed E-state index contributed by atoms with van der Waals surface area (Å²) in [4.78, 5) is 15.7. The highest BCUT2D eigenvalue weighted by Gasteiger charge is 2.12. The Morgan fingerprint density at radius 2 is 2.30 bits per heavy atom. The number of ether oxygens (including phenoxy) is 1. The lowest BCUT2D eigenvalue weighted by atomic mass is 10.2. The Morgan fingerprint density at radius 3 is 3.04 bits per heavy atom. The summed E-state index contributed by atoms with van der Waals surface area (Å²) in [6.07, 6.45) is 0. The number of nitrogens with one attached hydrogen (secondary N) is 1. The third kappa shape index (κ3) is 3.37. The molecule has 2 heterocycles. The van der Waals surface area contributed by atoms with Crippen molar-refractivity contribution in [2.24, 2.45) is 0 Å². The first-order chi connectivity index (χ1) is 11.2. The van der Waals surface area contributed by atoms with Gasteiger partial charge in [-0.2, -0.15) is 16.3 Å². The summed E-state index contributed by atoms with van der Waals surface area (Å²) in [6.45, 7) is 0.138. The van der Waals surface area contributed by atoms with E-state index in [2.05, 4.69) is 20.2 Å². The van der Waals surface area contributed by atoms with E-state index in [4.69, 9.17) is 4.52 Å². The second-order valence-corrected chi connectivity index (χ2v) is 5.34. The van der Waals surface area contributed by atoms with Crippen molar-refractivity contribution >= 4 is 23.0 Å². The Morgan fingerprint density at radius 1 is 1.43 bits per heavy atom. The van der Waals surface area contributed by atoms with Gasteiger partial charge >= 0.3 is 5.97 Å². The van der Waals surface area contributed by atoms with Gasteiger partial charge < -0.3 is 14.6 Å². The maximum absolute atomic E-state index is 13.8. The second-order valence-electron chi connectivity index (χ2n) is 4.56. The highest BCUT2D eigenvalue weighted by molar-refractivity contribution is 7.08. The molecule has 3 rings (SSSR count). The molecule has 2 aromatic heterocycles. The number of halogens is 1. The lowest BCUT2D eigenvalue weighted by Crippen LogP contribution is -2.06. The molecule has 0 unspecified atom stereocenters. The van der Waals surface area contributed by atoms with Gasteiger partial charge in [0.25, 0.3) is 0 Å². The molecule has 0 fully saturated rings. The summed E-state index contributed by atoms with van der Waals surface area (Å²) in [7, 11) is 1.27. The molecule has 0 spiro atoms. The molecule has 0 aliphatic rings. The van der Waals surface area contributed by atoms with Gasteiger partial charge in [0.2, 0.25) is 11.7 Å². The molecular formula is C15H12FN3O3S. The zero-order valence-electron chi connectivity index (χ0n) is 12.1. The van der Waals surface area contributed by atoms with Gasteiger partial charge in [-0.1, -0.05) is 5.16 Å². The van der Waals surface area contributed by atoms with Crippen molar-refractivity contribution in [3.63, 3.8) is 0 Å². The molecule has 8 heteroatoms. The quantitative estimate of drug-likeness (QED) is 0.722. The molecule has 0 saturated heterocycles. The Hall–Kier alpha value is -2.74. The van der Waals surface area contributed by atoms with Crippen molar-refractivity contribution in [2.45, 2.75) is 6.54 Å². The van der Waals surface area contributed by atoms with Gasteiger partial charge in [0.05, 0.1) is 24.9 Å². The van der Waals surface area contributed by atoms with Gasteiger partial charge in [-0.15, -0.1) is 0 Å². The van der Waals surface area contributed by atoms with E-state index in [-0.39, 0.29) is 17.8 Å². The number of anilines is 1. The lowest BCUT2D eigenvalue weighted by Gasteiger charge is -2.07. The van der Waals surface area contributed by atoms with Gasteiger partial charge in [-0.25, -0.2) is 9.18 Å². The molecule has 0 bridgehead atoms. The van der Waals surface area contributed by atoms with Gasteiger partial charge in [0, 0.05) is 10.9 Å². The van der Waals surface area contributed by atoms with Crippen LogP contribution in [0.3, 0.4) is 0 Å². The maximum atomic E-state index is 13.8. The average Bonchev–Trinajstić information content (AvgIpc) is 3.24. The van der Waals surface area contributed by atoms with Crippen LogP contribution in [-0.2, 0) is 11.3 Å². The highest BCUT2D eigenvalue weighted by Crippen LogP contribution is 2.20. The van der Waals surface area contributed by atoms with Crippen LogP contribution >= 0.6 is 11.3 Å². The van der Waals surface area contributed by atoms with Crippen molar-refractivity contribution < 1.29 is 18.4 Å². The highest BCUT2D eigenvalue weighted by atomic mass is 32.1. The zero-order chi connectivity index (χ0) is 16.2. The minimum Gasteiger partial charge on any atom is -0.465 e. The SMILES string of the molecule is COC(=O)c1ccc(F)c(NCc2nc(-c3ccsc3)no2)c1. The predicted octanol–water partition coefficient (Wildman–Crippen LogP) is 3.34. The minimum absolute atomic E-state index is 0.138. The van der Waals surface area contributed by atoms with Crippen LogP contribution < -0.4 is 5.32 Å². The van der Waals surface area contributed by atoms with Crippen LogP contribution in [-0.4, -0.2) is 23.2 Å². The van der Waals surface area contributed by atoms with E-state index in [9.17, 15) is 9.18 Å². The first kappa shape index (κ1) is 15.2. The third-order valence-corrected chi connectivity index (χ3v) is 3.75. The third-order valence-electron chi connectivity index (χ3n) is 3.06. The molecule has 3 aromatic rings. The molecule has 118 valence electrons. The Labute approximate surface area is 134 Å². The van der Waals surface area contributed by atoms with Gasteiger partial charge in [-0.3, -0.25) is 0 Å². The Balaban J connectivity index is 1.72. The van der Waals surface area contributed by atoms with E-state index in [0.29, 0.717) is 11.7 Å². The summed E-state index contributed by atoms with van der Waals surface area (Å²) in [5.41, 5.74) is 1.27. The molecule has 6 nitrogen and oxygen atoms in total. The van der Waals surface area contributed by atoms with E-state index in [1.807, 2.05) is 16.8 Å². The van der Waals surface area contributed by atoms with Crippen molar-refractivity contribution in [1.82, 2.24) is 10.1 Å². The molecular weight excluding hydrogens is 321 g/mol. The van der Waals surface area contributed by atoms with Crippen LogP contribution in [0.15, 0.2) is 39.5 Å². The molecule has 0 atom stereocenters. The van der Waals surface area contributed by atoms with E-state index in [1.165, 1.54) is 36.6 Å². The van der Waals surface area contributed by atoms with E-state index in [0.717, 1.165) is 5.56 Å². The standard InChI is InChI=1S/C15H12FN3O3S/c1-21-15(20)9-2-3-11(16)12(6-9)17-7-13-18-14(19-22-13)10-4-5-23-8-10/h2-6,8,17H,7H2,1H3. The molecule has 0 amide bonds. The number of hydrogen-bond acceptors (Lipinski definition) is 7. The van der Waals surface area contributed by atoms with Gasteiger partial charge in [0.15, 0.2) is 0 Å². The maximum Gasteiger partial charge on any atom is 0.337 e. The number of aromatic nitrogens is 2. The number of carbonyl (C=O) groups is 1. The van der Waals surface area contributed by atoms with Crippen LogP contribution in [0, 0.1) is 5.82 Å². The summed E-state index contributed by atoms with van der Waals surface area (Å²) >= 11 is 1.53. The van der Waals surface area contributed by atoms with Crippen LogP contribution in [0.25, 0.3) is 11.4 Å². The Bertz CT molecular complexity index is 817. The van der Waals surface area contributed by atoms with Crippen LogP contribution in [0.4, 0.5) is 10.1 Å². The first-order valence-electron chi connectivity index (χ1n) is 6.64. The van der Waals surface area contributed by atoms with Crippen molar-refractivity contribution in [3.8, 4) is 11.4 Å². The monoisotopic (exact) mass is 333 g/mol. The minimum atomic E-state index is -0.536. The number of methoxy groups -OCH3 is 1. The van der Waals surface area contributed by atoms with Crippen LogP contribution in [0.5, 0.6) is 0 Å². The fourth-order valence-corrected chi connectivity index (χ4v) is 2.55. The van der Waals surface area contributed by atoms with E-state index >= 15 is 0 Å². The molecule has 0 saturated carbocycles. The fraction of sp³-hybridized carbons (Fsp3) is 0.133. The number of esters is 1.